The maximum absolute atomic E-state index is 5.53. The van der Waals surface area contributed by atoms with Crippen LogP contribution in [0.3, 0.4) is 0 Å². The minimum Gasteiger partial charge on any atom is -0.382 e. The molecule has 0 aromatic heterocycles. The predicted molar refractivity (Wildman–Crippen MR) is 67.7 cm³/mol. The number of nitrogens with two attached hydrogens (primary N) is 1. The monoisotopic (exact) mass is 244 g/mol. The Hall–Kier alpha value is -0.850. The van der Waals surface area contributed by atoms with Crippen molar-refractivity contribution in [3.63, 3.8) is 0 Å². The topological polar surface area (TPSA) is 72.1 Å². The molecule has 0 aliphatic carbocycles. The van der Waals surface area contributed by atoms with Crippen molar-refractivity contribution in [1.82, 2.24) is 10.3 Å². The van der Waals surface area contributed by atoms with Crippen LogP contribution < -0.4 is 11.3 Å². The lowest BCUT2D eigenvalue weighted by molar-refractivity contribution is 0.0595. The fraction of sp³-hybridized carbons (Fsp3) is 0.909. The molecule has 1 aliphatic heterocycles. The Bertz CT molecular complexity index is 242. The second-order valence-electron chi connectivity index (χ2n) is 4.36. The van der Waals surface area contributed by atoms with Crippen LogP contribution in [0.2, 0.25) is 0 Å². The van der Waals surface area contributed by atoms with Crippen molar-refractivity contribution in [1.29, 1.82) is 0 Å². The Labute approximate surface area is 103 Å². The molecule has 17 heavy (non-hydrogen) atoms. The second-order valence-corrected chi connectivity index (χ2v) is 4.36. The number of nitrogens with one attached hydrogen (secondary N) is 1. The van der Waals surface area contributed by atoms with Crippen molar-refractivity contribution in [2.45, 2.75) is 31.8 Å². The maximum atomic E-state index is 5.53. The van der Waals surface area contributed by atoms with E-state index >= 15 is 0 Å². The first-order chi connectivity index (χ1) is 8.19. The summed E-state index contributed by atoms with van der Waals surface area (Å²) in [7, 11) is 3.68. The summed E-state index contributed by atoms with van der Waals surface area (Å²) in [6, 6.07) is 0.529. The van der Waals surface area contributed by atoms with E-state index in [1.807, 2.05) is 14.0 Å². The molecule has 0 radical (unpaired) electrons. The lowest BCUT2D eigenvalue weighted by Crippen LogP contribution is -2.49. The zero-order chi connectivity index (χ0) is 12.7. The Kier molecular flexibility index (Phi) is 6.25. The zero-order valence-electron chi connectivity index (χ0n) is 11.0. The van der Waals surface area contributed by atoms with Gasteiger partial charge in [0.05, 0.1) is 12.6 Å². The number of guanidine groups is 1. The molecule has 3 N–H and O–H groups in total. The molecule has 100 valence electrons. The van der Waals surface area contributed by atoms with E-state index in [0.29, 0.717) is 18.6 Å². The summed E-state index contributed by atoms with van der Waals surface area (Å²) in [5.41, 5.74) is 2.67. The van der Waals surface area contributed by atoms with Gasteiger partial charge in [-0.05, 0) is 19.8 Å². The second kappa shape index (κ2) is 7.47. The lowest BCUT2D eigenvalue weighted by Gasteiger charge is -2.33. The molecule has 0 bridgehead atoms. The van der Waals surface area contributed by atoms with Crippen LogP contribution in [0.5, 0.6) is 0 Å². The number of ether oxygens (including phenoxy) is 2. The normalized spacial score (nSPS) is 20.1. The van der Waals surface area contributed by atoms with E-state index in [1.165, 1.54) is 0 Å². The van der Waals surface area contributed by atoms with E-state index in [2.05, 4.69) is 15.3 Å². The molecule has 6 nitrogen and oxygen atoms in total. The number of aliphatic imine (C=N–C) groups is 1. The van der Waals surface area contributed by atoms with E-state index in [-0.39, 0.29) is 6.04 Å². The summed E-state index contributed by atoms with van der Waals surface area (Å²) in [4.78, 5) is 6.59. The minimum atomic E-state index is 0.0911. The standard InChI is InChI=1S/C11H24N4O2/c1-9(8-16-3)13-11(14-12)15(2)10-4-6-17-7-5-10/h9-10H,4-8,12H2,1-3H3,(H,13,14). The molecule has 0 saturated carbocycles. The molecule has 0 aromatic rings. The molecule has 1 unspecified atom stereocenters. The van der Waals surface area contributed by atoms with E-state index < -0.39 is 0 Å². The number of methoxy groups -OCH3 is 1. The number of rotatable bonds is 4. The number of nitrogens with zero attached hydrogens (tertiary/aromatic N) is 2. The largest absolute Gasteiger partial charge is 0.382 e. The van der Waals surface area contributed by atoms with Crippen molar-refractivity contribution in [3.05, 3.63) is 0 Å². The van der Waals surface area contributed by atoms with Crippen molar-refractivity contribution in [2.75, 3.05) is 34.0 Å². The summed E-state index contributed by atoms with van der Waals surface area (Å²) in [6.45, 7) is 4.20. The fourth-order valence-electron chi connectivity index (χ4n) is 1.96. The summed E-state index contributed by atoms with van der Waals surface area (Å²) in [5, 5.41) is 0. The van der Waals surface area contributed by atoms with Crippen LogP contribution in [-0.2, 0) is 9.47 Å². The van der Waals surface area contributed by atoms with Crippen LogP contribution in [0.4, 0.5) is 0 Å². The van der Waals surface area contributed by atoms with E-state index in [9.17, 15) is 0 Å². The van der Waals surface area contributed by atoms with Crippen LogP contribution in [0, 0.1) is 0 Å². The SMILES string of the molecule is COCC(C)N=C(NN)N(C)C1CCOCC1. The Morgan fingerprint density at radius 3 is 2.76 bits per heavy atom. The quantitative estimate of drug-likeness (QED) is 0.314. The van der Waals surface area contributed by atoms with Gasteiger partial charge in [-0.25, -0.2) is 10.8 Å². The Balaban J connectivity index is 2.58. The summed E-state index contributed by atoms with van der Waals surface area (Å²) < 4.78 is 10.4. The van der Waals surface area contributed by atoms with Gasteiger partial charge in [0.2, 0.25) is 5.96 Å². The van der Waals surface area contributed by atoms with Gasteiger partial charge in [-0.3, -0.25) is 5.43 Å². The van der Waals surface area contributed by atoms with Crippen molar-refractivity contribution < 1.29 is 9.47 Å². The molecule has 1 saturated heterocycles. The summed E-state index contributed by atoms with van der Waals surface area (Å²) >= 11 is 0. The summed E-state index contributed by atoms with van der Waals surface area (Å²) in [5.74, 6) is 6.24. The molecule has 6 heteroatoms. The third kappa shape index (κ3) is 4.49. The molecule has 0 spiro atoms. The van der Waals surface area contributed by atoms with Gasteiger partial charge in [-0.1, -0.05) is 0 Å². The lowest BCUT2D eigenvalue weighted by atomic mass is 10.1. The van der Waals surface area contributed by atoms with Crippen LogP contribution >= 0.6 is 0 Å². The average molecular weight is 244 g/mol. The van der Waals surface area contributed by atoms with Crippen LogP contribution in [-0.4, -0.2) is 56.9 Å². The van der Waals surface area contributed by atoms with Crippen molar-refractivity contribution in [3.8, 4) is 0 Å². The highest BCUT2D eigenvalue weighted by Crippen LogP contribution is 2.12. The molecular formula is C11H24N4O2. The zero-order valence-corrected chi connectivity index (χ0v) is 11.0. The van der Waals surface area contributed by atoms with Gasteiger partial charge in [0.15, 0.2) is 0 Å². The minimum absolute atomic E-state index is 0.0911. The number of hydrazine groups is 1. The molecule has 1 atom stereocenters. The molecule has 1 rings (SSSR count). The van der Waals surface area contributed by atoms with Gasteiger partial charge < -0.3 is 14.4 Å². The van der Waals surface area contributed by atoms with Crippen LogP contribution in [0.15, 0.2) is 4.99 Å². The Morgan fingerprint density at radius 2 is 2.24 bits per heavy atom. The molecule has 0 aromatic carbocycles. The van der Waals surface area contributed by atoms with Gasteiger partial charge in [-0.2, -0.15) is 0 Å². The van der Waals surface area contributed by atoms with Gasteiger partial charge >= 0.3 is 0 Å². The summed E-state index contributed by atoms with van der Waals surface area (Å²) in [6.07, 6.45) is 2.02. The van der Waals surface area contributed by atoms with E-state index in [1.54, 1.807) is 7.11 Å². The molecule has 1 aliphatic rings. The fourth-order valence-corrected chi connectivity index (χ4v) is 1.96. The highest BCUT2D eigenvalue weighted by atomic mass is 16.5. The maximum Gasteiger partial charge on any atom is 0.208 e. The van der Waals surface area contributed by atoms with Crippen molar-refractivity contribution in [2.24, 2.45) is 10.8 Å². The first-order valence-electron chi connectivity index (χ1n) is 6.03. The van der Waals surface area contributed by atoms with E-state index in [4.69, 9.17) is 15.3 Å². The predicted octanol–water partition coefficient (Wildman–Crippen LogP) is -0.0486. The number of hydrogen-bond acceptors (Lipinski definition) is 4. The van der Waals surface area contributed by atoms with Gasteiger partial charge in [0.25, 0.3) is 0 Å². The first kappa shape index (κ1) is 14.2. The smallest absolute Gasteiger partial charge is 0.208 e. The third-order valence-corrected chi connectivity index (χ3v) is 2.95. The molecule has 1 heterocycles. The molecule has 1 fully saturated rings. The van der Waals surface area contributed by atoms with Crippen molar-refractivity contribution >= 4 is 5.96 Å². The van der Waals surface area contributed by atoms with Gasteiger partial charge in [0, 0.05) is 33.4 Å². The average Bonchev–Trinajstić information content (AvgIpc) is 2.36. The van der Waals surface area contributed by atoms with Crippen LogP contribution in [0.1, 0.15) is 19.8 Å². The highest BCUT2D eigenvalue weighted by Gasteiger charge is 2.21. The van der Waals surface area contributed by atoms with Gasteiger partial charge in [0.1, 0.15) is 0 Å². The Morgan fingerprint density at radius 1 is 1.59 bits per heavy atom. The third-order valence-electron chi connectivity index (χ3n) is 2.95. The van der Waals surface area contributed by atoms with Crippen LogP contribution in [0.25, 0.3) is 0 Å². The molecule has 0 amide bonds. The van der Waals surface area contributed by atoms with E-state index in [0.717, 1.165) is 26.1 Å². The molecular weight excluding hydrogens is 220 g/mol. The first-order valence-corrected chi connectivity index (χ1v) is 6.03. The highest BCUT2D eigenvalue weighted by molar-refractivity contribution is 5.79. The van der Waals surface area contributed by atoms with Gasteiger partial charge in [-0.15, -0.1) is 0 Å². The number of hydrogen-bond donors (Lipinski definition) is 2.